The van der Waals surface area contributed by atoms with Crippen LogP contribution in [0.4, 0.5) is 10.5 Å². The molecule has 0 saturated carbocycles. The van der Waals surface area contributed by atoms with Crippen molar-refractivity contribution in [3.8, 4) is 5.75 Å². The van der Waals surface area contributed by atoms with Gasteiger partial charge >= 0.3 is 6.09 Å². The van der Waals surface area contributed by atoms with Gasteiger partial charge in [0.2, 0.25) is 5.91 Å². The molecule has 0 aliphatic carbocycles. The molecule has 17 heavy (non-hydrogen) atoms. The summed E-state index contributed by atoms with van der Waals surface area (Å²) in [5, 5.41) is 22.5. The van der Waals surface area contributed by atoms with Crippen molar-refractivity contribution in [2.45, 2.75) is 19.4 Å². The van der Waals surface area contributed by atoms with E-state index in [0.29, 0.717) is 6.42 Å². The Labute approximate surface area is 98.3 Å². The number of carboxylic acid groups (broad SMARTS) is 1. The third kappa shape index (κ3) is 3.67. The summed E-state index contributed by atoms with van der Waals surface area (Å²) in [4.78, 5) is 22.1. The first-order chi connectivity index (χ1) is 8.04. The SMILES string of the molecule is CCC(NC(=O)O)C(=O)Nc1ccccc1O. The van der Waals surface area contributed by atoms with Crippen LogP contribution in [-0.2, 0) is 4.79 Å². The Morgan fingerprint density at radius 1 is 1.35 bits per heavy atom. The third-order valence-corrected chi connectivity index (χ3v) is 2.18. The van der Waals surface area contributed by atoms with Gasteiger partial charge in [-0.05, 0) is 18.6 Å². The van der Waals surface area contributed by atoms with Crippen molar-refractivity contribution in [1.82, 2.24) is 5.32 Å². The number of phenols is 1. The molecule has 1 atom stereocenters. The summed E-state index contributed by atoms with van der Waals surface area (Å²) in [5.74, 6) is -0.567. The highest BCUT2D eigenvalue weighted by molar-refractivity contribution is 5.97. The lowest BCUT2D eigenvalue weighted by molar-refractivity contribution is -0.118. The van der Waals surface area contributed by atoms with Crippen LogP contribution in [0.3, 0.4) is 0 Å². The maximum atomic E-state index is 11.7. The molecule has 1 rings (SSSR count). The Bertz CT molecular complexity index is 420. The number of nitrogens with one attached hydrogen (secondary N) is 2. The van der Waals surface area contributed by atoms with Crippen LogP contribution >= 0.6 is 0 Å². The lowest BCUT2D eigenvalue weighted by atomic mass is 10.2. The molecule has 0 aromatic heterocycles. The van der Waals surface area contributed by atoms with Gasteiger partial charge in [-0.15, -0.1) is 0 Å². The van der Waals surface area contributed by atoms with E-state index in [2.05, 4.69) is 10.6 Å². The molecule has 0 spiro atoms. The van der Waals surface area contributed by atoms with Gasteiger partial charge in [-0.1, -0.05) is 19.1 Å². The molecule has 0 bridgehead atoms. The summed E-state index contributed by atoms with van der Waals surface area (Å²) in [6.45, 7) is 1.69. The van der Waals surface area contributed by atoms with E-state index in [-0.39, 0.29) is 11.4 Å². The molecule has 0 aliphatic rings. The van der Waals surface area contributed by atoms with Crippen molar-refractivity contribution in [1.29, 1.82) is 0 Å². The Hall–Kier alpha value is -2.24. The smallest absolute Gasteiger partial charge is 0.405 e. The molecular formula is C11H14N2O4. The largest absolute Gasteiger partial charge is 0.506 e. The predicted octanol–water partition coefficient (Wildman–Crippen LogP) is 1.38. The van der Waals surface area contributed by atoms with Gasteiger partial charge in [-0.25, -0.2) is 4.79 Å². The van der Waals surface area contributed by atoms with Crippen LogP contribution in [-0.4, -0.2) is 28.3 Å². The molecule has 0 aliphatic heterocycles. The van der Waals surface area contributed by atoms with Gasteiger partial charge in [0.15, 0.2) is 0 Å². The van der Waals surface area contributed by atoms with Crippen LogP contribution in [0, 0.1) is 0 Å². The van der Waals surface area contributed by atoms with E-state index < -0.39 is 18.0 Å². The van der Waals surface area contributed by atoms with Crippen molar-refractivity contribution < 1.29 is 19.8 Å². The first-order valence-electron chi connectivity index (χ1n) is 5.13. The monoisotopic (exact) mass is 238 g/mol. The van der Waals surface area contributed by atoms with Gasteiger partial charge in [0.1, 0.15) is 11.8 Å². The first kappa shape index (κ1) is 12.8. The van der Waals surface area contributed by atoms with Gasteiger partial charge < -0.3 is 20.8 Å². The molecule has 2 amide bonds. The van der Waals surface area contributed by atoms with Crippen LogP contribution in [0.2, 0.25) is 0 Å². The number of aromatic hydroxyl groups is 1. The highest BCUT2D eigenvalue weighted by atomic mass is 16.4. The lowest BCUT2D eigenvalue weighted by Crippen LogP contribution is -2.42. The van der Waals surface area contributed by atoms with Crippen molar-refractivity contribution >= 4 is 17.7 Å². The fourth-order valence-electron chi connectivity index (χ4n) is 1.30. The molecule has 0 fully saturated rings. The minimum Gasteiger partial charge on any atom is -0.506 e. The van der Waals surface area contributed by atoms with Gasteiger partial charge in [-0.3, -0.25) is 4.79 Å². The second kappa shape index (κ2) is 5.74. The van der Waals surface area contributed by atoms with E-state index in [4.69, 9.17) is 5.11 Å². The molecule has 4 N–H and O–H groups in total. The molecule has 0 heterocycles. The average molecular weight is 238 g/mol. The summed E-state index contributed by atoms with van der Waals surface area (Å²) in [6.07, 6.45) is -0.935. The predicted molar refractivity (Wildman–Crippen MR) is 62.0 cm³/mol. The Morgan fingerprint density at radius 3 is 2.53 bits per heavy atom. The highest BCUT2D eigenvalue weighted by Gasteiger charge is 2.19. The van der Waals surface area contributed by atoms with Crippen molar-refractivity contribution in [3.05, 3.63) is 24.3 Å². The number of anilines is 1. The van der Waals surface area contributed by atoms with Crippen LogP contribution in [0.15, 0.2) is 24.3 Å². The molecule has 92 valence electrons. The molecule has 1 unspecified atom stereocenters. The topological polar surface area (TPSA) is 98.7 Å². The summed E-state index contributed by atoms with van der Waals surface area (Å²) >= 11 is 0. The number of amides is 2. The van der Waals surface area contributed by atoms with Crippen LogP contribution < -0.4 is 10.6 Å². The Morgan fingerprint density at radius 2 is 2.00 bits per heavy atom. The molecule has 1 aromatic rings. The fraction of sp³-hybridized carbons (Fsp3) is 0.273. The maximum absolute atomic E-state index is 11.7. The number of hydrogen-bond donors (Lipinski definition) is 4. The number of hydrogen-bond acceptors (Lipinski definition) is 3. The standard InChI is InChI=1S/C11H14N2O4/c1-2-7(13-11(16)17)10(15)12-8-5-3-4-6-9(8)14/h3-7,13-14H,2H2,1H3,(H,12,15)(H,16,17). The van der Waals surface area contributed by atoms with Gasteiger partial charge in [0, 0.05) is 0 Å². The van der Waals surface area contributed by atoms with Crippen LogP contribution in [0.1, 0.15) is 13.3 Å². The third-order valence-electron chi connectivity index (χ3n) is 2.18. The van der Waals surface area contributed by atoms with Crippen molar-refractivity contribution in [3.63, 3.8) is 0 Å². The molecule has 1 aromatic carbocycles. The first-order valence-corrected chi connectivity index (χ1v) is 5.13. The minimum absolute atomic E-state index is 0.0639. The second-order valence-electron chi connectivity index (χ2n) is 3.42. The lowest BCUT2D eigenvalue weighted by Gasteiger charge is -2.15. The van der Waals surface area contributed by atoms with Crippen molar-refractivity contribution in [2.75, 3.05) is 5.32 Å². The van der Waals surface area contributed by atoms with Crippen LogP contribution in [0.5, 0.6) is 5.75 Å². The van der Waals surface area contributed by atoms with Crippen LogP contribution in [0.25, 0.3) is 0 Å². The number of carbonyl (C=O) groups excluding carboxylic acids is 1. The molecule has 0 radical (unpaired) electrons. The normalized spacial score (nSPS) is 11.6. The average Bonchev–Trinajstić information content (AvgIpc) is 2.28. The summed E-state index contributed by atoms with van der Waals surface area (Å²) < 4.78 is 0. The maximum Gasteiger partial charge on any atom is 0.405 e. The Balaban J connectivity index is 2.71. The number of benzene rings is 1. The zero-order chi connectivity index (χ0) is 12.8. The number of phenolic OH excluding ortho intramolecular Hbond substituents is 1. The quantitative estimate of drug-likeness (QED) is 0.595. The van der Waals surface area contributed by atoms with E-state index in [1.165, 1.54) is 12.1 Å². The van der Waals surface area contributed by atoms with E-state index in [1.54, 1.807) is 19.1 Å². The summed E-state index contributed by atoms with van der Waals surface area (Å²) in [7, 11) is 0. The summed E-state index contributed by atoms with van der Waals surface area (Å²) in [5.41, 5.74) is 0.253. The molecular weight excluding hydrogens is 224 g/mol. The summed E-state index contributed by atoms with van der Waals surface area (Å²) in [6, 6.07) is 5.40. The van der Waals surface area contributed by atoms with E-state index >= 15 is 0 Å². The van der Waals surface area contributed by atoms with Gasteiger partial charge in [0.05, 0.1) is 5.69 Å². The zero-order valence-corrected chi connectivity index (χ0v) is 9.30. The van der Waals surface area contributed by atoms with Gasteiger partial charge in [-0.2, -0.15) is 0 Å². The van der Waals surface area contributed by atoms with Crippen molar-refractivity contribution in [2.24, 2.45) is 0 Å². The second-order valence-corrected chi connectivity index (χ2v) is 3.42. The number of para-hydroxylation sites is 2. The van der Waals surface area contributed by atoms with Gasteiger partial charge in [0.25, 0.3) is 0 Å². The van der Waals surface area contributed by atoms with E-state index in [1.807, 2.05) is 0 Å². The molecule has 0 saturated heterocycles. The highest BCUT2D eigenvalue weighted by Crippen LogP contribution is 2.21. The Kier molecular flexibility index (Phi) is 4.33. The number of carbonyl (C=O) groups is 2. The van der Waals surface area contributed by atoms with E-state index in [0.717, 1.165) is 0 Å². The fourth-order valence-corrected chi connectivity index (χ4v) is 1.30. The zero-order valence-electron chi connectivity index (χ0n) is 9.30. The van der Waals surface area contributed by atoms with E-state index in [9.17, 15) is 14.7 Å². The minimum atomic E-state index is -1.26. The molecule has 6 nitrogen and oxygen atoms in total. The number of rotatable bonds is 4. The molecule has 6 heteroatoms.